The second-order valence-electron chi connectivity index (χ2n) is 6.92. The maximum absolute atomic E-state index is 3.50. The van der Waals surface area contributed by atoms with E-state index in [0.29, 0.717) is 6.04 Å². The molecule has 3 nitrogen and oxygen atoms in total. The topological polar surface area (TPSA) is 18.5 Å². The van der Waals surface area contributed by atoms with Gasteiger partial charge in [0.1, 0.15) is 0 Å². The maximum atomic E-state index is 3.50. The molecule has 0 aromatic carbocycles. The van der Waals surface area contributed by atoms with Gasteiger partial charge in [0.25, 0.3) is 0 Å². The van der Waals surface area contributed by atoms with Crippen LogP contribution in [0.15, 0.2) is 12.1 Å². The van der Waals surface area contributed by atoms with E-state index < -0.39 is 0 Å². The predicted molar refractivity (Wildman–Crippen MR) is 90.7 cm³/mol. The molecule has 118 valence electrons. The third kappa shape index (κ3) is 5.06. The minimum atomic E-state index is 0.565. The lowest BCUT2D eigenvalue weighted by atomic mass is 10.2. The van der Waals surface area contributed by atoms with E-state index in [1.165, 1.54) is 55.3 Å². The molecule has 1 aromatic rings. The molecule has 1 aliphatic heterocycles. The average molecular weight is 308 g/mol. The molecule has 3 rings (SSSR count). The van der Waals surface area contributed by atoms with Crippen LogP contribution in [0.3, 0.4) is 0 Å². The summed E-state index contributed by atoms with van der Waals surface area (Å²) in [6.45, 7) is 12.9. The lowest BCUT2D eigenvalue weighted by Crippen LogP contribution is -2.46. The lowest BCUT2D eigenvalue weighted by Gasteiger charge is -2.34. The van der Waals surface area contributed by atoms with Crippen molar-refractivity contribution in [1.82, 2.24) is 15.1 Å². The minimum Gasteiger partial charge on any atom is -0.310 e. The average Bonchev–Trinajstić information content (AvgIpc) is 3.16. The molecule has 2 fully saturated rings. The predicted octanol–water partition coefficient (Wildman–Crippen LogP) is 2.77. The Hall–Kier alpha value is -0.420. The molecular weight excluding hydrogens is 278 g/mol. The Kier molecular flexibility index (Phi) is 5.33. The molecule has 2 heterocycles. The van der Waals surface area contributed by atoms with Crippen LogP contribution < -0.4 is 5.32 Å². The molecule has 4 heteroatoms. The van der Waals surface area contributed by atoms with Gasteiger partial charge < -0.3 is 10.2 Å². The number of hydrogen-bond acceptors (Lipinski definition) is 4. The molecule has 1 aliphatic carbocycles. The van der Waals surface area contributed by atoms with Crippen molar-refractivity contribution in [1.29, 1.82) is 0 Å². The number of nitrogens with zero attached hydrogens (tertiary/aromatic N) is 2. The zero-order valence-electron chi connectivity index (χ0n) is 13.5. The molecule has 1 N–H and O–H groups in total. The fraction of sp³-hybridized carbons (Fsp3) is 0.765. The van der Waals surface area contributed by atoms with Gasteiger partial charge in [-0.2, -0.15) is 0 Å². The molecule has 0 unspecified atom stereocenters. The summed E-state index contributed by atoms with van der Waals surface area (Å²) in [5, 5.41) is 3.50. The van der Waals surface area contributed by atoms with Crippen LogP contribution in [0.5, 0.6) is 0 Å². The van der Waals surface area contributed by atoms with Gasteiger partial charge in [0.05, 0.1) is 0 Å². The number of rotatable bonds is 7. The Morgan fingerprint density at radius 2 is 1.76 bits per heavy atom. The van der Waals surface area contributed by atoms with Crippen LogP contribution in [0, 0.1) is 5.92 Å². The normalized spacial score (nSPS) is 21.3. The number of piperazine rings is 1. The van der Waals surface area contributed by atoms with E-state index in [1.54, 1.807) is 0 Å². The second-order valence-corrected chi connectivity index (χ2v) is 8.18. The van der Waals surface area contributed by atoms with Crippen LogP contribution in [0.25, 0.3) is 0 Å². The largest absolute Gasteiger partial charge is 0.310 e. The van der Waals surface area contributed by atoms with Gasteiger partial charge in [-0.05, 0) is 30.9 Å². The Balaban J connectivity index is 1.40. The number of nitrogens with one attached hydrogen (secondary N) is 1. The van der Waals surface area contributed by atoms with Crippen LogP contribution in [0.1, 0.15) is 36.4 Å². The van der Waals surface area contributed by atoms with E-state index in [-0.39, 0.29) is 0 Å². The van der Waals surface area contributed by atoms with E-state index in [9.17, 15) is 0 Å². The lowest BCUT2D eigenvalue weighted by molar-refractivity contribution is 0.124. The zero-order chi connectivity index (χ0) is 14.7. The summed E-state index contributed by atoms with van der Waals surface area (Å²) in [5.41, 5.74) is 0. The monoisotopic (exact) mass is 307 g/mol. The molecule has 1 saturated carbocycles. The van der Waals surface area contributed by atoms with Gasteiger partial charge >= 0.3 is 0 Å². The van der Waals surface area contributed by atoms with Crippen LogP contribution in [-0.4, -0.2) is 48.6 Å². The summed E-state index contributed by atoms with van der Waals surface area (Å²) in [5.74, 6) is 1.03. The van der Waals surface area contributed by atoms with Gasteiger partial charge in [-0.25, -0.2) is 0 Å². The molecule has 21 heavy (non-hydrogen) atoms. The smallest absolute Gasteiger partial charge is 0.0329 e. The highest BCUT2D eigenvalue weighted by Crippen LogP contribution is 2.30. The van der Waals surface area contributed by atoms with Crippen LogP contribution in [0.4, 0.5) is 0 Å². The zero-order valence-corrected chi connectivity index (χ0v) is 14.3. The Morgan fingerprint density at radius 3 is 2.43 bits per heavy atom. The summed E-state index contributed by atoms with van der Waals surface area (Å²) in [6, 6.07) is 5.17. The molecule has 1 aromatic heterocycles. The first-order valence-corrected chi connectivity index (χ1v) is 9.26. The summed E-state index contributed by atoms with van der Waals surface area (Å²) < 4.78 is 0. The van der Waals surface area contributed by atoms with Crippen molar-refractivity contribution in [2.45, 2.75) is 45.8 Å². The van der Waals surface area contributed by atoms with Crippen molar-refractivity contribution >= 4 is 11.3 Å². The van der Waals surface area contributed by atoms with Crippen LogP contribution in [-0.2, 0) is 13.1 Å². The summed E-state index contributed by atoms with van der Waals surface area (Å²) >= 11 is 1.97. The third-order valence-electron chi connectivity index (χ3n) is 4.46. The van der Waals surface area contributed by atoms with Gasteiger partial charge in [0, 0.05) is 61.6 Å². The van der Waals surface area contributed by atoms with E-state index in [2.05, 4.69) is 41.1 Å². The number of hydrogen-bond donors (Lipinski definition) is 1. The SMILES string of the molecule is CC(C)NCc1ccc(CN2CCN(CC3CC3)CC2)s1. The first-order chi connectivity index (χ1) is 10.2. The Bertz CT molecular complexity index is 431. The van der Waals surface area contributed by atoms with Gasteiger partial charge in [-0.3, -0.25) is 4.90 Å². The van der Waals surface area contributed by atoms with Crippen molar-refractivity contribution in [3.05, 3.63) is 21.9 Å². The highest BCUT2D eigenvalue weighted by molar-refractivity contribution is 7.11. The molecule has 0 bridgehead atoms. The van der Waals surface area contributed by atoms with Crippen LogP contribution >= 0.6 is 11.3 Å². The second kappa shape index (κ2) is 7.23. The molecule has 0 amide bonds. The molecule has 0 atom stereocenters. The van der Waals surface area contributed by atoms with E-state index in [1.807, 2.05) is 11.3 Å². The number of thiophene rings is 1. The summed E-state index contributed by atoms with van der Waals surface area (Å²) in [6.07, 6.45) is 2.95. The fourth-order valence-corrected chi connectivity index (χ4v) is 3.93. The molecule has 1 saturated heterocycles. The van der Waals surface area contributed by atoms with E-state index in [4.69, 9.17) is 0 Å². The van der Waals surface area contributed by atoms with Gasteiger partial charge in [0.15, 0.2) is 0 Å². The summed E-state index contributed by atoms with van der Waals surface area (Å²) in [7, 11) is 0. The summed E-state index contributed by atoms with van der Waals surface area (Å²) in [4.78, 5) is 8.27. The third-order valence-corrected chi connectivity index (χ3v) is 5.53. The van der Waals surface area contributed by atoms with E-state index in [0.717, 1.165) is 19.0 Å². The van der Waals surface area contributed by atoms with Gasteiger partial charge in [-0.1, -0.05) is 13.8 Å². The molecular formula is C17H29N3S. The quantitative estimate of drug-likeness (QED) is 0.835. The van der Waals surface area contributed by atoms with Gasteiger partial charge in [-0.15, -0.1) is 11.3 Å². The Morgan fingerprint density at radius 1 is 1.10 bits per heavy atom. The molecule has 2 aliphatic rings. The van der Waals surface area contributed by atoms with Crippen LogP contribution in [0.2, 0.25) is 0 Å². The molecule has 0 radical (unpaired) electrons. The van der Waals surface area contributed by atoms with Crippen molar-refractivity contribution in [3.8, 4) is 0 Å². The van der Waals surface area contributed by atoms with Crippen molar-refractivity contribution in [2.24, 2.45) is 5.92 Å². The first-order valence-electron chi connectivity index (χ1n) is 8.45. The fourth-order valence-electron chi connectivity index (χ4n) is 2.92. The Labute approximate surface area is 133 Å². The van der Waals surface area contributed by atoms with Crippen molar-refractivity contribution < 1.29 is 0 Å². The highest BCUT2D eigenvalue weighted by atomic mass is 32.1. The first kappa shape index (κ1) is 15.5. The standard InChI is InChI=1S/C17H29N3S/c1-14(2)18-11-16-5-6-17(21-16)13-20-9-7-19(8-10-20)12-15-3-4-15/h5-6,14-15,18H,3-4,7-13H2,1-2H3. The van der Waals surface area contributed by atoms with Crippen molar-refractivity contribution in [2.75, 3.05) is 32.7 Å². The van der Waals surface area contributed by atoms with Crippen molar-refractivity contribution in [3.63, 3.8) is 0 Å². The minimum absolute atomic E-state index is 0.565. The molecule has 0 spiro atoms. The highest BCUT2D eigenvalue weighted by Gasteiger charge is 2.26. The van der Waals surface area contributed by atoms with Gasteiger partial charge in [0.2, 0.25) is 0 Å². The van der Waals surface area contributed by atoms with E-state index >= 15 is 0 Å². The maximum Gasteiger partial charge on any atom is 0.0329 e.